The van der Waals surface area contributed by atoms with Crippen LogP contribution in [0.1, 0.15) is 18.9 Å². The van der Waals surface area contributed by atoms with Crippen LogP contribution in [0.5, 0.6) is 0 Å². The molecule has 2 nitrogen and oxygen atoms in total. The van der Waals surface area contributed by atoms with Crippen molar-refractivity contribution in [3.63, 3.8) is 0 Å². The van der Waals surface area contributed by atoms with Gasteiger partial charge in [0.25, 0.3) is 0 Å². The van der Waals surface area contributed by atoms with Crippen molar-refractivity contribution in [2.24, 2.45) is 12.8 Å². The minimum absolute atomic E-state index is 0.269. The molecule has 0 spiro atoms. The summed E-state index contributed by atoms with van der Waals surface area (Å²) in [5, 5.41) is 1.30. The molecule has 0 radical (unpaired) electrons. The van der Waals surface area contributed by atoms with Crippen molar-refractivity contribution in [3.05, 3.63) is 36.0 Å². The fraction of sp³-hybridized carbons (Fsp3) is 0.385. The maximum atomic E-state index is 6.01. The Labute approximate surface area is 90.7 Å². The predicted molar refractivity (Wildman–Crippen MR) is 64.9 cm³/mol. The highest BCUT2D eigenvalue weighted by molar-refractivity contribution is 5.83. The molecule has 0 amide bonds. The number of para-hydroxylation sites is 1. The van der Waals surface area contributed by atoms with Gasteiger partial charge in [-0.25, -0.2) is 0 Å². The molecule has 15 heavy (non-hydrogen) atoms. The molecule has 0 aliphatic carbocycles. The number of nitrogens with two attached hydrogens (primary N) is 1. The minimum atomic E-state index is 0.269. The van der Waals surface area contributed by atoms with Gasteiger partial charge in [0.15, 0.2) is 0 Å². The molecule has 80 valence electrons. The molecule has 2 rings (SSSR count). The molecule has 0 aliphatic rings. The van der Waals surface area contributed by atoms with Crippen LogP contribution in [-0.4, -0.2) is 10.6 Å². The molecule has 1 heterocycles. The Morgan fingerprint density at radius 3 is 2.87 bits per heavy atom. The normalized spacial score (nSPS) is 13.3. The van der Waals surface area contributed by atoms with Crippen molar-refractivity contribution < 1.29 is 0 Å². The van der Waals surface area contributed by atoms with E-state index in [1.54, 1.807) is 0 Å². The number of hydrogen-bond donors (Lipinski definition) is 1. The number of aryl methyl sites for hydroxylation is 1. The zero-order chi connectivity index (χ0) is 10.8. The lowest BCUT2D eigenvalue weighted by atomic mass is 10.0. The molecule has 1 aromatic heterocycles. The van der Waals surface area contributed by atoms with Gasteiger partial charge < -0.3 is 10.3 Å². The predicted octanol–water partition coefficient (Wildman–Crippen LogP) is 2.46. The summed E-state index contributed by atoms with van der Waals surface area (Å²) in [6.07, 6.45) is 4.10. The second-order valence-corrected chi connectivity index (χ2v) is 4.15. The second kappa shape index (κ2) is 4.07. The van der Waals surface area contributed by atoms with E-state index in [1.807, 2.05) is 0 Å². The standard InChI is InChI=1S/C13H18N2/c1-3-12(14)9-11-6-4-5-10-7-8-15(2)13(10)11/h4-8,12H,3,9,14H2,1-2H3. The van der Waals surface area contributed by atoms with E-state index in [0.717, 1.165) is 12.8 Å². The second-order valence-electron chi connectivity index (χ2n) is 4.15. The lowest BCUT2D eigenvalue weighted by Crippen LogP contribution is -2.21. The van der Waals surface area contributed by atoms with Crippen LogP contribution >= 0.6 is 0 Å². The average Bonchev–Trinajstić information content (AvgIpc) is 2.61. The first-order chi connectivity index (χ1) is 7.22. The number of hydrogen-bond acceptors (Lipinski definition) is 1. The molecule has 1 unspecified atom stereocenters. The van der Waals surface area contributed by atoms with E-state index in [4.69, 9.17) is 5.73 Å². The third-order valence-electron chi connectivity index (χ3n) is 2.99. The third-order valence-corrected chi connectivity index (χ3v) is 2.99. The molecule has 0 aliphatic heterocycles. The quantitative estimate of drug-likeness (QED) is 0.814. The first-order valence-electron chi connectivity index (χ1n) is 5.51. The Balaban J connectivity index is 2.45. The fourth-order valence-corrected chi connectivity index (χ4v) is 2.03. The van der Waals surface area contributed by atoms with Gasteiger partial charge in [-0.05, 0) is 29.9 Å². The fourth-order valence-electron chi connectivity index (χ4n) is 2.03. The van der Waals surface area contributed by atoms with Crippen molar-refractivity contribution in [1.29, 1.82) is 0 Å². The van der Waals surface area contributed by atoms with Gasteiger partial charge >= 0.3 is 0 Å². The maximum Gasteiger partial charge on any atom is 0.0510 e. The van der Waals surface area contributed by atoms with E-state index >= 15 is 0 Å². The Kier molecular flexibility index (Phi) is 2.78. The summed E-state index contributed by atoms with van der Waals surface area (Å²) in [4.78, 5) is 0. The lowest BCUT2D eigenvalue weighted by molar-refractivity contribution is 0.647. The molecular weight excluding hydrogens is 184 g/mol. The third kappa shape index (κ3) is 1.90. The molecule has 1 atom stereocenters. The largest absolute Gasteiger partial charge is 0.350 e. The summed E-state index contributed by atoms with van der Waals surface area (Å²) in [7, 11) is 2.09. The Hall–Kier alpha value is -1.28. The van der Waals surface area contributed by atoms with Crippen molar-refractivity contribution >= 4 is 10.9 Å². The summed E-state index contributed by atoms with van der Waals surface area (Å²) in [5.74, 6) is 0. The lowest BCUT2D eigenvalue weighted by Gasteiger charge is -2.11. The van der Waals surface area contributed by atoms with Crippen molar-refractivity contribution in [2.45, 2.75) is 25.8 Å². The number of benzene rings is 1. The van der Waals surface area contributed by atoms with Gasteiger partial charge in [0.1, 0.15) is 0 Å². The number of aromatic nitrogens is 1. The summed E-state index contributed by atoms with van der Waals surface area (Å²) >= 11 is 0. The average molecular weight is 202 g/mol. The van der Waals surface area contributed by atoms with Crippen molar-refractivity contribution in [3.8, 4) is 0 Å². The van der Waals surface area contributed by atoms with E-state index in [2.05, 4.69) is 49.0 Å². The van der Waals surface area contributed by atoms with Gasteiger partial charge in [0.2, 0.25) is 0 Å². The van der Waals surface area contributed by atoms with Gasteiger partial charge in [-0.2, -0.15) is 0 Å². The molecule has 0 saturated heterocycles. The Morgan fingerprint density at radius 1 is 1.33 bits per heavy atom. The smallest absolute Gasteiger partial charge is 0.0510 e. The van der Waals surface area contributed by atoms with Crippen LogP contribution < -0.4 is 5.73 Å². The van der Waals surface area contributed by atoms with Crippen molar-refractivity contribution in [2.75, 3.05) is 0 Å². The first-order valence-corrected chi connectivity index (χ1v) is 5.51. The van der Waals surface area contributed by atoms with Crippen molar-refractivity contribution in [1.82, 2.24) is 4.57 Å². The molecule has 2 aromatic rings. The van der Waals surface area contributed by atoms with Crippen LogP contribution in [0.4, 0.5) is 0 Å². The van der Waals surface area contributed by atoms with Gasteiger partial charge in [-0.1, -0.05) is 25.1 Å². The van der Waals surface area contributed by atoms with E-state index in [-0.39, 0.29) is 6.04 Å². The molecule has 1 aromatic carbocycles. The SMILES string of the molecule is CCC(N)Cc1cccc2ccn(C)c12. The van der Waals surface area contributed by atoms with Crippen LogP contribution in [0.15, 0.2) is 30.5 Å². The molecule has 0 fully saturated rings. The zero-order valence-corrected chi connectivity index (χ0v) is 9.40. The molecule has 0 saturated carbocycles. The van der Waals surface area contributed by atoms with E-state index in [0.29, 0.717) is 0 Å². The molecule has 2 heteroatoms. The van der Waals surface area contributed by atoms with E-state index in [1.165, 1.54) is 16.5 Å². The Morgan fingerprint density at radius 2 is 2.13 bits per heavy atom. The van der Waals surface area contributed by atoms with Crippen LogP contribution in [-0.2, 0) is 13.5 Å². The Bertz CT molecular complexity index is 457. The van der Waals surface area contributed by atoms with E-state index < -0.39 is 0 Å². The number of fused-ring (bicyclic) bond motifs is 1. The summed E-state index contributed by atoms with van der Waals surface area (Å²) in [5.41, 5.74) is 8.68. The summed E-state index contributed by atoms with van der Waals surface area (Å²) < 4.78 is 2.17. The van der Waals surface area contributed by atoms with Crippen LogP contribution in [0.3, 0.4) is 0 Å². The minimum Gasteiger partial charge on any atom is -0.350 e. The number of rotatable bonds is 3. The van der Waals surface area contributed by atoms with Crippen LogP contribution in [0.2, 0.25) is 0 Å². The van der Waals surface area contributed by atoms with Gasteiger partial charge in [-0.15, -0.1) is 0 Å². The van der Waals surface area contributed by atoms with Gasteiger partial charge in [0, 0.05) is 19.3 Å². The molecule has 2 N–H and O–H groups in total. The highest BCUT2D eigenvalue weighted by Crippen LogP contribution is 2.20. The van der Waals surface area contributed by atoms with Gasteiger partial charge in [-0.3, -0.25) is 0 Å². The summed E-state index contributed by atoms with van der Waals surface area (Å²) in [6.45, 7) is 2.13. The van der Waals surface area contributed by atoms with Crippen LogP contribution in [0.25, 0.3) is 10.9 Å². The first kappa shape index (κ1) is 10.2. The van der Waals surface area contributed by atoms with Gasteiger partial charge in [0.05, 0.1) is 5.52 Å². The summed E-state index contributed by atoms with van der Waals surface area (Å²) in [6, 6.07) is 8.86. The highest BCUT2D eigenvalue weighted by atomic mass is 14.9. The zero-order valence-electron chi connectivity index (χ0n) is 9.40. The van der Waals surface area contributed by atoms with E-state index in [9.17, 15) is 0 Å². The molecule has 0 bridgehead atoms. The number of nitrogens with zero attached hydrogens (tertiary/aromatic N) is 1. The highest BCUT2D eigenvalue weighted by Gasteiger charge is 2.07. The monoisotopic (exact) mass is 202 g/mol. The molecular formula is C13H18N2. The maximum absolute atomic E-state index is 6.01. The topological polar surface area (TPSA) is 30.9 Å². The van der Waals surface area contributed by atoms with Crippen LogP contribution in [0, 0.1) is 0 Å².